The summed E-state index contributed by atoms with van der Waals surface area (Å²) in [6.45, 7) is 7.45. The molecule has 2 aromatic rings. The maximum absolute atomic E-state index is 12.8. The molecule has 1 aliphatic rings. The number of sulfone groups is 1. The van der Waals surface area contributed by atoms with Gasteiger partial charge in [-0.1, -0.05) is 18.2 Å². The van der Waals surface area contributed by atoms with Crippen molar-refractivity contribution in [2.75, 3.05) is 33.2 Å². The zero-order valence-electron chi connectivity index (χ0n) is 20.2. The van der Waals surface area contributed by atoms with E-state index in [0.29, 0.717) is 23.6 Å². The molecule has 0 N–H and O–H groups in total. The first-order chi connectivity index (χ1) is 17.0. The summed E-state index contributed by atoms with van der Waals surface area (Å²) in [6, 6.07) is 11.1. The summed E-state index contributed by atoms with van der Waals surface area (Å²) in [4.78, 5) is 16.8. The van der Waals surface area contributed by atoms with Crippen LogP contribution < -0.4 is 0 Å². The number of hydrogen-bond donors (Lipinski definition) is 0. The van der Waals surface area contributed by atoms with Gasteiger partial charge in [0.05, 0.1) is 10.6 Å². The van der Waals surface area contributed by atoms with E-state index in [2.05, 4.69) is 11.5 Å². The maximum atomic E-state index is 12.8. The highest BCUT2D eigenvalue weighted by Gasteiger charge is 2.29. The molecule has 0 aromatic heterocycles. The van der Waals surface area contributed by atoms with Crippen molar-refractivity contribution in [3.8, 4) is 0 Å². The molecule has 1 heterocycles. The average molecular weight is 541 g/mol. The number of halogens is 3. The minimum atomic E-state index is -4.43. The summed E-state index contributed by atoms with van der Waals surface area (Å²) >= 11 is -0.292. The molecule has 1 saturated heterocycles. The molecule has 196 valence electrons. The number of rotatable bonds is 10. The Kier molecular flexibility index (Phi) is 9.66. The molecule has 0 bridgehead atoms. The predicted molar refractivity (Wildman–Crippen MR) is 137 cm³/mol. The van der Waals surface area contributed by atoms with Gasteiger partial charge in [0.1, 0.15) is 0 Å². The largest absolute Gasteiger partial charge is 0.446 e. The Morgan fingerprint density at radius 2 is 1.72 bits per heavy atom. The first-order valence-electron chi connectivity index (χ1n) is 11.7. The lowest BCUT2D eigenvalue weighted by atomic mass is 9.93. The van der Waals surface area contributed by atoms with E-state index in [0.717, 1.165) is 51.0 Å². The van der Waals surface area contributed by atoms with Crippen molar-refractivity contribution in [2.45, 2.75) is 40.3 Å². The van der Waals surface area contributed by atoms with Crippen LogP contribution in [0.1, 0.15) is 35.2 Å². The van der Waals surface area contributed by atoms with Crippen molar-refractivity contribution in [1.29, 1.82) is 0 Å². The monoisotopic (exact) mass is 540 g/mol. The number of piperidine rings is 1. The molecule has 36 heavy (non-hydrogen) atoms. The van der Waals surface area contributed by atoms with Crippen LogP contribution in [0, 0.1) is 5.92 Å². The van der Waals surface area contributed by atoms with E-state index < -0.39 is 15.3 Å². The SMILES string of the molecule is C=CCN1CCC(CCN(C)C(=O)c2ccc(CS(=O)(=O)c3ccc(SC(F)(F)F)cc3)cc2)CC1. The Hall–Kier alpha value is -2.30. The molecular formula is C26H31F3N2O3S2. The zero-order valence-corrected chi connectivity index (χ0v) is 21.8. The fourth-order valence-electron chi connectivity index (χ4n) is 4.23. The van der Waals surface area contributed by atoms with Crippen LogP contribution in [0.4, 0.5) is 13.2 Å². The molecule has 2 aromatic carbocycles. The molecule has 3 rings (SSSR count). The van der Waals surface area contributed by atoms with Crippen LogP contribution in [0.2, 0.25) is 0 Å². The molecule has 0 atom stereocenters. The number of hydrogen-bond acceptors (Lipinski definition) is 5. The van der Waals surface area contributed by atoms with E-state index in [4.69, 9.17) is 0 Å². The van der Waals surface area contributed by atoms with Gasteiger partial charge in [-0.05, 0) is 92.0 Å². The third-order valence-electron chi connectivity index (χ3n) is 6.29. The number of nitrogens with zero attached hydrogens (tertiary/aromatic N) is 2. The number of alkyl halides is 3. The lowest BCUT2D eigenvalue weighted by Crippen LogP contribution is -2.35. The van der Waals surface area contributed by atoms with E-state index >= 15 is 0 Å². The van der Waals surface area contributed by atoms with Gasteiger partial charge in [-0.2, -0.15) is 13.2 Å². The first-order valence-corrected chi connectivity index (χ1v) is 14.2. The smallest absolute Gasteiger partial charge is 0.342 e. The summed E-state index contributed by atoms with van der Waals surface area (Å²) in [6.07, 6.45) is 5.10. The van der Waals surface area contributed by atoms with E-state index in [1.54, 1.807) is 36.2 Å². The molecule has 0 radical (unpaired) electrons. The van der Waals surface area contributed by atoms with Crippen molar-refractivity contribution < 1.29 is 26.4 Å². The number of carbonyl (C=O) groups is 1. The zero-order chi connectivity index (χ0) is 26.3. The molecule has 10 heteroatoms. The Morgan fingerprint density at radius 1 is 1.11 bits per heavy atom. The fraction of sp³-hybridized carbons (Fsp3) is 0.423. The summed E-state index contributed by atoms with van der Waals surface area (Å²) in [5.41, 5.74) is -3.46. The molecule has 0 saturated carbocycles. The van der Waals surface area contributed by atoms with Gasteiger partial charge >= 0.3 is 5.51 Å². The standard InChI is InChI=1S/C26H31F3N2O3S2/c1-3-15-31-17-13-20(14-18-31)12-16-30(2)25(32)22-6-4-21(5-7-22)19-36(33,34)24-10-8-23(9-11-24)35-26(27,28)29/h3-11,20H,1,12-19H2,2H3. The van der Waals surface area contributed by atoms with Gasteiger partial charge in [0.15, 0.2) is 9.84 Å². The Bertz CT molecular complexity index is 1130. The first kappa shape index (κ1) is 28.3. The highest BCUT2D eigenvalue weighted by molar-refractivity contribution is 8.00. The van der Waals surface area contributed by atoms with Gasteiger partial charge in [0, 0.05) is 30.6 Å². The highest BCUT2D eigenvalue weighted by Crippen LogP contribution is 2.37. The second-order valence-corrected chi connectivity index (χ2v) is 12.2. The topological polar surface area (TPSA) is 57.7 Å². The minimum Gasteiger partial charge on any atom is -0.342 e. The normalized spacial score (nSPS) is 15.6. The summed E-state index contributed by atoms with van der Waals surface area (Å²) in [7, 11) is -1.97. The van der Waals surface area contributed by atoms with Gasteiger partial charge in [-0.3, -0.25) is 9.69 Å². The Morgan fingerprint density at radius 3 is 2.28 bits per heavy atom. The van der Waals surface area contributed by atoms with Crippen LogP contribution >= 0.6 is 11.8 Å². The van der Waals surface area contributed by atoms with Crippen molar-refractivity contribution in [3.63, 3.8) is 0 Å². The van der Waals surface area contributed by atoms with Gasteiger partial charge in [0.2, 0.25) is 0 Å². The minimum absolute atomic E-state index is 0.0516. The molecule has 1 fully saturated rings. The number of benzene rings is 2. The van der Waals surface area contributed by atoms with E-state index in [9.17, 15) is 26.4 Å². The second kappa shape index (κ2) is 12.3. The number of thioether (sulfide) groups is 1. The molecule has 0 aliphatic carbocycles. The number of carbonyl (C=O) groups excluding carboxylic acids is 1. The number of likely N-dealkylation sites (tertiary alicyclic amines) is 1. The molecular weight excluding hydrogens is 509 g/mol. The maximum Gasteiger partial charge on any atom is 0.446 e. The molecule has 0 unspecified atom stereocenters. The second-order valence-electron chi connectivity index (χ2n) is 9.02. The van der Waals surface area contributed by atoms with Crippen molar-refractivity contribution in [3.05, 3.63) is 72.3 Å². The van der Waals surface area contributed by atoms with Crippen LogP contribution in [0.15, 0.2) is 71.0 Å². The quantitative estimate of drug-likeness (QED) is 0.289. The van der Waals surface area contributed by atoms with Crippen LogP contribution in [0.3, 0.4) is 0 Å². The Balaban J connectivity index is 1.52. The van der Waals surface area contributed by atoms with Gasteiger partial charge < -0.3 is 4.90 Å². The Labute approximate surface area is 215 Å². The average Bonchev–Trinajstić information content (AvgIpc) is 2.83. The van der Waals surface area contributed by atoms with Crippen LogP contribution in [0.25, 0.3) is 0 Å². The third kappa shape index (κ3) is 8.38. The third-order valence-corrected chi connectivity index (χ3v) is 8.73. The van der Waals surface area contributed by atoms with Crippen LogP contribution in [-0.4, -0.2) is 62.9 Å². The van der Waals surface area contributed by atoms with Crippen molar-refractivity contribution in [2.24, 2.45) is 5.92 Å². The lowest BCUT2D eigenvalue weighted by Gasteiger charge is -2.32. The summed E-state index contributed by atoms with van der Waals surface area (Å²) in [5.74, 6) is 0.162. The van der Waals surface area contributed by atoms with Gasteiger partial charge in [-0.15, -0.1) is 6.58 Å². The lowest BCUT2D eigenvalue weighted by molar-refractivity contribution is -0.0328. The van der Waals surface area contributed by atoms with Crippen molar-refractivity contribution in [1.82, 2.24) is 9.80 Å². The molecule has 1 aliphatic heterocycles. The van der Waals surface area contributed by atoms with Crippen LogP contribution in [-0.2, 0) is 15.6 Å². The van der Waals surface area contributed by atoms with Gasteiger partial charge in [0.25, 0.3) is 5.91 Å². The van der Waals surface area contributed by atoms with Crippen LogP contribution in [0.5, 0.6) is 0 Å². The van der Waals surface area contributed by atoms with E-state index in [-0.39, 0.29) is 33.2 Å². The fourth-order valence-corrected chi connectivity index (χ4v) is 6.12. The number of amides is 1. The molecule has 0 spiro atoms. The molecule has 1 amide bonds. The summed E-state index contributed by atoms with van der Waals surface area (Å²) in [5, 5.41) is 0. The molecule has 5 nitrogen and oxygen atoms in total. The summed E-state index contributed by atoms with van der Waals surface area (Å²) < 4.78 is 62.9. The van der Waals surface area contributed by atoms with Gasteiger partial charge in [-0.25, -0.2) is 8.42 Å². The van der Waals surface area contributed by atoms with E-state index in [1.807, 2.05) is 6.08 Å². The van der Waals surface area contributed by atoms with Crippen molar-refractivity contribution >= 4 is 27.5 Å². The van der Waals surface area contributed by atoms with E-state index in [1.165, 1.54) is 12.1 Å². The predicted octanol–water partition coefficient (Wildman–Crippen LogP) is 5.63. The highest BCUT2D eigenvalue weighted by atomic mass is 32.2.